The highest BCUT2D eigenvalue weighted by Crippen LogP contribution is 2.80. The van der Waals surface area contributed by atoms with Crippen molar-refractivity contribution in [3.63, 3.8) is 0 Å². The Kier molecular flexibility index (Phi) is 6.88. The first-order valence-electron chi connectivity index (χ1n) is 12.2. The molecule has 178 valence electrons. The molecule has 0 spiro atoms. The molecule has 2 rings (SSSR count). The van der Waals surface area contributed by atoms with Crippen molar-refractivity contribution in [3.8, 4) is 0 Å². The predicted octanol–water partition coefficient (Wildman–Crippen LogP) is 6.72. The van der Waals surface area contributed by atoms with E-state index in [9.17, 15) is 9.59 Å². The summed E-state index contributed by atoms with van der Waals surface area (Å²) in [6.45, 7) is 21.4. The molecular formula is C27H46O4. The number of esters is 2. The summed E-state index contributed by atoms with van der Waals surface area (Å²) >= 11 is 0. The molecule has 0 aliphatic heterocycles. The summed E-state index contributed by atoms with van der Waals surface area (Å²) in [7, 11) is 0. The monoisotopic (exact) mass is 434 g/mol. The van der Waals surface area contributed by atoms with Crippen LogP contribution >= 0.6 is 0 Å². The molecule has 0 aromatic heterocycles. The van der Waals surface area contributed by atoms with Crippen LogP contribution in [0.2, 0.25) is 0 Å². The van der Waals surface area contributed by atoms with E-state index in [0.29, 0.717) is 26.1 Å². The third kappa shape index (κ3) is 3.66. The third-order valence-corrected chi connectivity index (χ3v) is 8.07. The van der Waals surface area contributed by atoms with Gasteiger partial charge in [-0.2, -0.15) is 0 Å². The smallest absolute Gasteiger partial charge is 0.314 e. The van der Waals surface area contributed by atoms with E-state index in [1.54, 1.807) is 0 Å². The van der Waals surface area contributed by atoms with E-state index < -0.39 is 10.8 Å². The van der Waals surface area contributed by atoms with Crippen molar-refractivity contribution in [2.75, 3.05) is 13.2 Å². The second-order valence-corrected chi connectivity index (χ2v) is 12.3. The first-order chi connectivity index (χ1) is 14.2. The summed E-state index contributed by atoms with van der Waals surface area (Å²) in [4.78, 5) is 28.1. The number of allylic oxidation sites excluding steroid dienone is 2. The molecule has 2 aliphatic carbocycles. The van der Waals surface area contributed by atoms with Gasteiger partial charge in [0.05, 0.1) is 24.0 Å². The molecule has 0 aromatic rings. The van der Waals surface area contributed by atoms with Gasteiger partial charge in [-0.3, -0.25) is 9.59 Å². The molecule has 0 radical (unpaired) electrons. The molecular weight excluding hydrogens is 388 g/mol. The Morgan fingerprint density at radius 2 is 1.00 bits per heavy atom. The van der Waals surface area contributed by atoms with Crippen LogP contribution in [0.25, 0.3) is 0 Å². The second-order valence-electron chi connectivity index (χ2n) is 12.3. The lowest BCUT2D eigenvalue weighted by Crippen LogP contribution is -2.61. The van der Waals surface area contributed by atoms with Gasteiger partial charge in [0.15, 0.2) is 0 Å². The van der Waals surface area contributed by atoms with Gasteiger partial charge >= 0.3 is 11.9 Å². The molecule has 4 nitrogen and oxygen atoms in total. The lowest BCUT2D eigenvalue weighted by molar-refractivity contribution is -0.198. The van der Waals surface area contributed by atoms with Crippen LogP contribution in [0.15, 0.2) is 12.2 Å². The maximum absolute atomic E-state index is 14.1. The highest BCUT2D eigenvalue weighted by Gasteiger charge is 2.82. The van der Waals surface area contributed by atoms with Crippen LogP contribution in [0.5, 0.6) is 0 Å². The number of rotatable bonds is 8. The third-order valence-electron chi connectivity index (χ3n) is 8.07. The van der Waals surface area contributed by atoms with Crippen molar-refractivity contribution in [1.29, 1.82) is 0 Å². The standard InChI is InChI=1S/C27H46O4/c1-11-24-15-16-25(12-2,17-24)27(14-4,21(29)31-19-23(8,9)10)26(24,13-3)20(28)30-18-22(5,6)7/h15-16H,11-14,17-19H2,1-10H3. The topological polar surface area (TPSA) is 52.6 Å². The summed E-state index contributed by atoms with van der Waals surface area (Å²) in [6, 6.07) is 0. The van der Waals surface area contributed by atoms with E-state index in [-0.39, 0.29) is 33.6 Å². The van der Waals surface area contributed by atoms with Crippen LogP contribution in [0, 0.1) is 32.5 Å². The molecule has 0 heterocycles. The lowest BCUT2D eigenvalue weighted by Gasteiger charge is -2.54. The maximum atomic E-state index is 14.1. The van der Waals surface area contributed by atoms with Gasteiger partial charge in [-0.05, 0) is 42.9 Å². The zero-order valence-electron chi connectivity index (χ0n) is 21.7. The minimum Gasteiger partial charge on any atom is -0.465 e. The van der Waals surface area contributed by atoms with E-state index >= 15 is 0 Å². The van der Waals surface area contributed by atoms with Gasteiger partial charge in [-0.1, -0.05) is 81.4 Å². The van der Waals surface area contributed by atoms with Gasteiger partial charge in [0.1, 0.15) is 0 Å². The van der Waals surface area contributed by atoms with Gasteiger partial charge in [-0.25, -0.2) is 0 Å². The van der Waals surface area contributed by atoms with E-state index in [1.165, 1.54) is 0 Å². The average Bonchev–Trinajstić information content (AvgIpc) is 3.18. The fraction of sp³-hybridized carbons (Fsp3) is 0.852. The van der Waals surface area contributed by atoms with Gasteiger partial charge in [-0.15, -0.1) is 0 Å². The summed E-state index contributed by atoms with van der Waals surface area (Å²) in [6.07, 6.45) is 8.02. The van der Waals surface area contributed by atoms with Crippen molar-refractivity contribution in [2.24, 2.45) is 32.5 Å². The van der Waals surface area contributed by atoms with E-state index in [4.69, 9.17) is 9.47 Å². The van der Waals surface area contributed by atoms with Gasteiger partial charge in [0.2, 0.25) is 0 Å². The molecule has 31 heavy (non-hydrogen) atoms. The predicted molar refractivity (Wildman–Crippen MR) is 125 cm³/mol. The van der Waals surface area contributed by atoms with Crippen LogP contribution in [0.4, 0.5) is 0 Å². The fourth-order valence-corrected chi connectivity index (χ4v) is 6.69. The molecule has 4 atom stereocenters. The second kappa shape index (κ2) is 8.23. The van der Waals surface area contributed by atoms with Crippen LogP contribution in [0.1, 0.15) is 101 Å². The van der Waals surface area contributed by atoms with Crippen LogP contribution in [0.3, 0.4) is 0 Å². The number of hydrogen-bond donors (Lipinski definition) is 0. The molecule has 0 N–H and O–H groups in total. The number of ether oxygens (including phenoxy) is 2. The first-order valence-corrected chi connectivity index (χ1v) is 12.2. The number of fused-ring (bicyclic) bond motifs is 2. The number of carbonyl (C=O) groups excluding carboxylic acids is 2. The quantitative estimate of drug-likeness (QED) is 0.314. The normalized spacial score (nSPS) is 34.8. The molecule has 2 bridgehead atoms. The minimum atomic E-state index is -0.922. The summed E-state index contributed by atoms with van der Waals surface area (Å²) < 4.78 is 12.1. The van der Waals surface area contributed by atoms with E-state index in [0.717, 1.165) is 19.3 Å². The molecule has 1 saturated carbocycles. The van der Waals surface area contributed by atoms with Crippen molar-refractivity contribution < 1.29 is 19.1 Å². The Labute approximate surface area is 190 Å². The Morgan fingerprint density at radius 1 is 0.677 bits per heavy atom. The zero-order chi connectivity index (χ0) is 23.9. The Morgan fingerprint density at radius 3 is 1.23 bits per heavy atom. The van der Waals surface area contributed by atoms with Crippen LogP contribution in [-0.2, 0) is 19.1 Å². The summed E-state index contributed by atoms with van der Waals surface area (Å²) in [5.74, 6) is -0.443. The van der Waals surface area contributed by atoms with Crippen molar-refractivity contribution >= 4 is 11.9 Å². The zero-order valence-corrected chi connectivity index (χ0v) is 21.7. The molecule has 0 amide bonds. The highest BCUT2D eigenvalue weighted by molar-refractivity contribution is 5.93. The van der Waals surface area contributed by atoms with E-state index in [2.05, 4.69) is 81.4 Å². The van der Waals surface area contributed by atoms with Crippen molar-refractivity contribution in [2.45, 2.75) is 101 Å². The Bertz CT molecular complexity index is 664. The largest absolute Gasteiger partial charge is 0.465 e. The Hall–Kier alpha value is -1.32. The molecule has 4 unspecified atom stereocenters. The average molecular weight is 435 g/mol. The van der Waals surface area contributed by atoms with Crippen LogP contribution < -0.4 is 0 Å². The van der Waals surface area contributed by atoms with Gasteiger partial charge in [0.25, 0.3) is 0 Å². The SMILES string of the molecule is CCC12C=CC(CC)(C1)C(CC)(C(=O)OCC(C)(C)C)C2(CC)C(=O)OCC(C)(C)C. The summed E-state index contributed by atoms with van der Waals surface area (Å²) in [5.41, 5.74) is -2.89. The first kappa shape index (κ1) is 25.9. The highest BCUT2D eigenvalue weighted by atomic mass is 16.5. The van der Waals surface area contributed by atoms with E-state index in [1.807, 2.05) is 0 Å². The van der Waals surface area contributed by atoms with Gasteiger partial charge < -0.3 is 9.47 Å². The molecule has 0 saturated heterocycles. The molecule has 1 fully saturated rings. The number of hydrogen-bond acceptors (Lipinski definition) is 4. The molecule has 0 aromatic carbocycles. The van der Waals surface area contributed by atoms with Crippen molar-refractivity contribution in [3.05, 3.63) is 12.2 Å². The van der Waals surface area contributed by atoms with Gasteiger partial charge in [0, 0.05) is 10.8 Å². The van der Waals surface area contributed by atoms with Crippen molar-refractivity contribution in [1.82, 2.24) is 0 Å². The maximum Gasteiger partial charge on any atom is 0.314 e. The lowest BCUT2D eigenvalue weighted by atomic mass is 9.47. The molecule has 4 heteroatoms. The number of carbonyl (C=O) groups is 2. The summed E-state index contributed by atoms with van der Waals surface area (Å²) in [5, 5.41) is 0. The minimum absolute atomic E-state index is 0.137. The van der Waals surface area contributed by atoms with Crippen LogP contribution in [-0.4, -0.2) is 25.2 Å². The Balaban J connectivity index is 2.71. The molecule has 2 aliphatic rings. The fourth-order valence-electron chi connectivity index (χ4n) is 6.69.